The van der Waals surface area contributed by atoms with Crippen molar-refractivity contribution in [3.05, 3.63) is 60.4 Å². The molecular weight excluding hydrogens is 515 g/mol. The zero-order chi connectivity index (χ0) is 27.1. The van der Waals surface area contributed by atoms with E-state index in [0.717, 1.165) is 36.7 Å². The summed E-state index contributed by atoms with van der Waals surface area (Å²) < 4.78 is 21.8. The van der Waals surface area contributed by atoms with Crippen molar-refractivity contribution < 1.29 is 14.1 Å². The van der Waals surface area contributed by atoms with E-state index in [1.54, 1.807) is 36.2 Å². The largest absolute Gasteiger partial charge is 0.494 e. The fourth-order valence-electron chi connectivity index (χ4n) is 5.00. The third-order valence-electron chi connectivity index (χ3n) is 7.10. The maximum atomic E-state index is 14.2. The zero-order valence-corrected chi connectivity index (χ0v) is 22.6. The fourth-order valence-corrected chi connectivity index (χ4v) is 9.00. The number of pyridine rings is 1. The molecule has 39 heavy (non-hydrogen) atoms. The molecule has 3 heterocycles. The Hall–Kier alpha value is -4.24. The van der Waals surface area contributed by atoms with Crippen LogP contribution in [0.5, 0.6) is 5.75 Å². The van der Waals surface area contributed by atoms with Crippen molar-refractivity contribution in [2.24, 2.45) is 12.8 Å². The molecule has 6 rings (SSSR count). The highest BCUT2D eigenvalue weighted by Crippen LogP contribution is 2.69. The predicted octanol–water partition coefficient (Wildman–Crippen LogP) is 4.18. The topological polar surface area (TPSA) is 150 Å². The number of para-hydroxylation sites is 1. The van der Waals surface area contributed by atoms with E-state index in [1.165, 1.54) is 0 Å². The minimum atomic E-state index is -2.51. The lowest BCUT2D eigenvalue weighted by Crippen LogP contribution is -2.20. The first-order valence-electron chi connectivity index (χ1n) is 12.8. The second kappa shape index (κ2) is 9.81. The molecule has 2 fully saturated rings. The maximum Gasteiger partial charge on any atom is 0.271 e. The van der Waals surface area contributed by atoms with Gasteiger partial charge in [0.05, 0.1) is 29.6 Å². The summed E-state index contributed by atoms with van der Waals surface area (Å²) in [5, 5.41) is 19.2. The number of hydrogen-bond donors (Lipinski definition) is 3. The number of aromatic nitrogens is 5. The molecule has 0 saturated heterocycles. The summed E-state index contributed by atoms with van der Waals surface area (Å²) in [4.78, 5) is 16.4. The monoisotopic (exact) mass is 544 g/mol. The van der Waals surface area contributed by atoms with E-state index < -0.39 is 13.0 Å². The Balaban J connectivity index is 1.36. The van der Waals surface area contributed by atoms with Crippen LogP contribution in [0.25, 0.3) is 11.3 Å². The summed E-state index contributed by atoms with van der Waals surface area (Å²) in [5.41, 5.74) is 9.30. The number of carbonyl (C=O) groups is 1. The van der Waals surface area contributed by atoms with E-state index in [2.05, 4.69) is 25.8 Å². The number of benzene rings is 1. The molecule has 1 aromatic carbocycles. The normalized spacial score (nSPS) is 15.1. The van der Waals surface area contributed by atoms with Crippen LogP contribution in [0, 0.1) is 0 Å². The van der Waals surface area contributed by atoms with Crippen molar-refractivity contribution in [3.63, 3.8) is 0 Å². The van der Waals surface area contributed by atoms with Gasteiger partial charge in [-0.2, -0.15) is 5.10 Å². The highest BCUT2D eigenvalue weighted by molar-refractivity contribution is 7.73. The number of methoxy groups -OCH3 is 1. The Labute approximate surface area is 225 Å². The van der Waals surface area contributed by atoms with Gasteiger partial charge in [0.2, 0.25) is 0 Å². The second-order valence-corrected chi connectivity index (χ2v) is 13.2. The van der Waals surface area contributed by atoms with Crippen molar-refractivity contribution in [2.45, 2.75) is 37.0 Å². The van der Waals surface area contributed by atoms with Gasteiger partial charge in [-0.3, -0.25) is 9.48 Å². The fraction of sp³-hybridized carbons (Fsp3) is 0.296. The van der Waals surface area contributed by atoms with Gasteiger partial charge >= 0.3 is 0 Å². The lowest BCUT2D eigenvalue weighted by molar-refractivity contribution is 0.0995. The first-order chi connectivity index (χ1) is 18.9. The quantitative estimate of drug-likeness (QED) is 0.250. The van der Waals surface area contributed by atoms with Gasteiger partial charge in [-0.1, -0.05) is 12.1 Å². The molecule has 0 atom stereocenters. The van der Waals surface area contributed by atoms with Crippen LogP contribution in [-0.2, 0) is 11.6 Å². The SMILES string of the molecule is COc1c(Nc2cc(Nc3ccccn3)nnc2C(N)=O)cccc1-c1cc(P(=O)(C2CC2)C2CC2)n(C)n1. The van der Waals surface area contributed by atoms with Gasteiger partial charge in [0.25, 0.3) is 5.91 Å². The number of rotatable bonds is 10. The van der Waals surface area contributed by atoms with Crippen LogP contribution in [0.1, 0.15) is 36.2 Å². The predicted molar refractivity (Wildman–Crippen MR) is 150 cm³/mol. The molecule has 0 bridgehead atoms. The minimum absolute atomic E-state index is 0.0241. The molecule has 3 aromatic heterocycles. The van der Waals surface area contributed by atoms with E-state index in [0.29, 0.717) is 34.5 Å². The number of aryl methyl sites for hydroxylation is 1. The lowest BCUT2D eigenvalue weighted by Gasteiger charge is -2.17. The Morgan fingerprint density at radius 3 is 2.41 bits per heavy atom. The number of nitrogens with two attached hydrogens (primary N) is 1. The van der Waals surface area contributed by atoms with Gasteiger partial charge in [-0.05, 0) is 56.0 Å². The van der Waals surface area contributed by atoms with Crippen LogP contribution in [0.15, 0.2) is 54.7 Å². The molecular formula is C27H29N8O3P. The number of primary amides is 1. The van der Waals surface area contributed by atoms with Crippen molar-refractivity contribution in [2.75, 3.05) is 17.7 Å². The number of ether oxygens (including phenoxy) is 1. The van der Waals surface area contributed by atoms with Crippen LogP contribution in [0.2, 0.25) is 0 Å². The molecule has 11 nitrogen and oxygen atoms in total. The number of anilines is 4. The molecule has 4 N–H and O–H groups in total. The van der Waals surface area contributed by atoms with Gasteiger partial charge < -0.3 is 25.7 Å². The highest BCUT2D eigenvalue weighted by atomic mass is 31.2. The van der Waals surface area contributed by atoms with E-state index in [9.17, 15) is 9.36 Å². The molecule has 0 aliphatic heterocycles. The molecule has 200 valence electrons. The molecule has 0 unspecified atom stereocenters. The van der Waals surface area contributed by atoms with E-state index in [-0.39, 0.29) is 17.0 Å². The Morgan fingerprint density at radius 2 is 1.77 bits per heavy atom. The molecule has 4 aromatic rings. The third kappa shape index (κ3) is 4.74. The number of hydrogen-bond acceptors (Lipinski definition) is 9. The summed E-state index contributed by atoms with van der Waals surface area (Å²) in [6.45, 7) is 0. The smallest absolute Gasteiger partial charge is 0.271 e. The first-order valence-corrected chi connectivity index (χ1v) is 14.7. The van der Waals surface area contributed by atoms with Gasteiger partial charge in [-0.25, -0.2) is 4.98 Å². The summed E-state index contributed by atoms with van der Waals surface area (Å²) in [5.74, 6) is 0.738. The van der Waals surface area contributed by atoms with E-state index in [1.807, 2.05) is 37.4 Å². The molecule has 2 aliphatic rings. The molecule has 2 saturated carbocycles. The summed E-state index contributed by atoms with van der Waals surface area (Å²) in [6.07, 6.45) is 5.75. The molecule has 0 spiro atoms. The van der Waals surface area contributed by atoms with Crippen LogP contribution in [0.3, 0.4) is 0 Å². The van der Waals surface area contributed by atoms with Gasteiger partial charge in [-0.15, -0.1) is 10.2 Å². The standard InChI is InChI=1S/C27H29N8O3P/c1-35-24(39(37,16-9-10-16)17-11-12-17)15-20(34-35)18-6-5-7-19(26(18)38-2)30-21-14-23(32-33-25(21)27(28)36)31-22-8-3-4-13-29-22/h3-8,13-17H,9-12H2,1-2H3,(H2,28,36)(H2,29,30,31,32). The van der Waals surface area contributed by atoms with E-state index >= 15 is 0 Å². The molecule has 0 radical (unpaired) electrons. The average molecular weight is 545 g/mol. The number of amides is 1. The van der Waals surface area contributed by atoms with Crippen molar-refractivity contribution in [3.8, 4) is 17.0 Å². The molecule has 12 heteroatoms. The Kier molecular flexibility index (Phi) is 6.31. The van der Waals surface area contributed by atoms with Gasteiger partial charge in [0.15, 0.2) is 17.3 Å². The summed E-state index contributed by atoms with van der Waals surface area (Å²) in [7, 11) is 0.927. The van der Waals surface area contributed by atoms with Crippen molar-refractivity contribution in [1.29, 1.82) is 0 Å². The maximum absolute atomic E-state index is 14.2. The second-order valence-electron chi connectivity index (χ2n) is 9.89. The molecule has 2 aliphatic carbocycles. The van der Waals surface area contributed by atoms with Gasteiger partial charge in [0, 0.05) is 36.2 Å². The van der Waals surface area contributed by atoms with Gasteiger partial charge in [0.1, 0.15) is 13.0 Å². The zero-order valence-electron chi connectivity index (χ0n) is 21.7. The lowest BCUT2D eigenvalue weighted by atomic mass is 10.1. The minimum Gasteiger partial charge on any atom is -0.494 e. The van der Waals surface area contributed by atoms with Crippen LogP contribution < -0.4 is 26.5 Å². The number of nitrogens with one attached hydrogen (secondary N) is 2. The Bertz CT molecular complexity index is 1580. The Morgan fingerprint density at radius 1 is 1.00 bits per heavy atom. The van der Waals surface area contributed by atoms with Crippen LogP contribution >= 0.6 is 7.14 Å². The number of nitrogens with zero attached hydrogens (tertiary/aromatic N) is 5. The van der Waals surface area contributed by atoms with E-state index in [4.69, 9.17) is 15.6 Å². The van der Waals surface area contributed by atoms with Crippen LogP contribution in [-0.4, -0.2) is 49.3 Å². The summed E-state index contributed by atoms with van der Waals surface area (Å²) >= 11 is 0. The van der Waals surface area contributed by atoms with Crippen LogP contribution in [0.4, 0.5) is 23.0 Å². The number of carbonyl (C=O) groups excluding carboxylic acids is 1. The van der Waals surface area contributed by atoms with Crippen molar-refractivity contribution >= 4 is 41.5 Å². The highest BCUT2D eigenvalue weighted by Gasteiger charge is 2.53. The van der Waals surface area contributed by atoms with Crippen molar-refractivity contribution in [1.82, 2.24) is 25.0 Å². The third-order valence-corrected chi connectivity index (χ3v) is 11.4. The first kappa shape index (κ1) is 25.1. The summed E-state index contributed by atoms with van der Waals surface area (Å²) in [6, 6.07) is 14.6. The molecule has 1 amide bonds. The average Bonchev–Trinajstić information content (AvgIpc) is 3.86.